The number of aryl methyl sites for hydroxylation is 2. The van der Waals surface area contributed by atoms with E-state index in [1.165, 1.54) is 11.8 Å². The zero-order valence-electron chi connectivity index (χ0n) is 20.2. The molecule has 7 nitrogen and oxygen atoms in total. The summed E-state index contributed by atoms with van der Waals surface area (Å²) in [7, 11) is 0. The zero-order valence-corrected chi connectivity index (χ0v) is 21.0. The normalized spacial score (nSPS) is 12.1. The molecule has 4 aromatic rings. The van der Waals surface area contributed by atoms with Crippen molar-refractivity contribution in [2.45, 2.75) is 25.3 Å². The number of nitrogens with one attached hydrogen (secondary N) is 2. The molecule has 2 amide bonds. The Kier molecular flexibility index (Phi) is 6.86. The highest BCUT2D eigenvalue weighted by molar-refractivity contribution is 8.00. The summed E-state index contributed by atoms with van der Waals surface area (Å²) >= 11 is 1.49. The van der Waals surface area contributed by atoms with Crippen molar-refractivity contribution in [3.63, 3.8) is 0 Å². The first-order chi connectivity index (χ1) is 17.5. The molecule has 1 aliphatic heterocycles. The minimum absolute atomic E-state index is 0.0759. The summed E-state index contributed by atoms with van der Waals surface area (Å²) in [5, 5.41) is 7.02. The van der Waals surface area contributed by atoms with Crippen LogP contribution in [0.15, 0.2) is 71.8 Å². The number of hydrogen-bond donors (Lipinski definition) is 2. The lowest BCUT2D eigenvalue weighted by Crippen LogP contribution is -2.27. The Morgan fingerprint density at radius 2 is 1.75 bits per heavy atom. The second kappa shape index (κ2) is 10.4. The molecule has 0 aliphatic carbocycles. The van der Waals surface area contributed by atoms with Crippen molar-refractivity contribution in [1.82, 2.24) is 9.88 Å². The lowest BCUT2D eigenvalue weighted by Gasteiger charge is -2.09. The number of anilines is 1. The third-order valence-electron chi connectivity index (χ3n) is 5.89. The first kappa shape index (κ1) is 23.8. The fourth-order valence-electron chi connectivity index (χ4n) is 4.33. The maximum absolute atomic E-state index is 12.6. The predicted molar refractivity (Wildman–Crippen MR) is 142 cm³/mol. The van der Waals surface area contributed by atoms with Crippen molar-refractivity contribution in [1.29, 1.82) is 0 Å². The predicted octanol–water partition coefficient (Wildman–Crippen LogP) is 5.15. The fourth-order valence-corrected chi connectivity index (χ4v) is 5.21. The van der Waals surface area contributed by atoms with Crippen molar-refractivity contribution in [2.75, 3.05) is 24.4 Å². The molecule has 5 rings (SSSR count). The number of thioether (sulfide) groups is 1. The van der Waals surface area contributed by atoms with E-state index in [2.05, 4.69) is 33.4 Å². The van der Waals surface area contributed by atoms with Gasteiger partial charge in [0, 0.05) is 52.4 Å². The summed E-state index contributed by atoms with van der Waals surface area (Å²) in [6.07, 6.45) is 2.05. The molecule has 2 heterocycles. The van der Waals surface area contributed by atoms with Gasteiger partial charge in [-0.05, 0) is 44.2 Å². The number of rotatable bonds is 8. The average molecular weight is 502 g/mol. The SMILES string of the molecule is Cc1cc(C)cc(C(=O)NCCn2cc(SCC(=O)Nc3ccc4c(c3)OCO4)c3ccccc32)c1. The monoisotopic (exact) mass is 501 g/mol. The highest BCUT2D eigenvalue weighted by Crippen LogP contribution is 2.34. The van der Waals surface area contributed by atoms with Crippen LogP contribution in [0.2, 0.25) is 0 Å². The lowest BCUT2D eigenvalue weighted by atomic mass is 10.1. The number of nitrogens with zero attached hydrogens (tertiary/aromatic N) is 1. The summed E-state index contributed by atoms with van der Waals surface area (Å²) in [6, 6.07) is 19.3. The standard InChI is InChI=1S/C28H27N3O4S/c1-18-11-19(2)13-20(12-18)28(33)29-9-10-31-15-26(22-5-3-4-6-23(22)31)36-16-27(32)30-21-7-8-24-25(14-21)35-17-34-24/h3-8,11-15H,9-10,16-17H2,1-2H3,(H,29,33)(H,30,32). The van der Waals surface area contributed by atoms with E-state index in [4.69, 9.17) is 9.47 Å². The maximum atomic E-state index is 12.6. The third kappa shape index (κ3) is 5.33. The highest BCUT2D eigenvalue weighted by Gasteiger charge is 2.15. The second-order valence-corrected chi connectivity index (χ2v) is 9.76. The van der Waals surface area contributed by atoms with Crippen LogP contribution in [0.1, 0.15) is 21.5 Å². The van der Waals surface area contributed by atoms with E-state index in [9.17, 15) is 9.59 Å². The average Bonchev–Trinajstić information content (AvgIpc) is 3.46. The van der Waals surface area contributed by atoms with Crippen LogP contribution in [0, 0.1) is 13.8 Å². The van der Waals surface area contributed by atoms with Crippen molar-refractivity contribution < 1.29 is 19.1 Å². The van der Waals surface area contributed by atoms with Gasteiger partial charge in [-0.2, -0.15) is 0 Å². The molecule has 1 aromatic heterocycles. The molecule has 36 heavy (non-hydrogen) atoms. The molecule has 0 spiro atoms. The molecule has 2 N–H and O–H groups in total. The Labute approximate surface area is 213 Å². The van der Waals surface area contributed by atoms with Crippen LogP contribution in [-0.4, -0.2) is 35.5 Å². The molecule has 0 atom stereocenters. The molecule has 0 saturated heterocycles. The second-order valence-electron chi connectivity index (χ2n) is 8.74. The summed E-state index contributed by atoms with van der Waals surface area (Å²) in [5.74, 6) is 1.41. The van der Waals surface area contributed by atoms with Crippen molar-refractivity contribution in [3.8, 4) is 11.5 Å². The summed E-state index contributed by atoms with van der Waals surface area (Å²) in [5.41, 5.74) is 4.56. The van der Waals surface area contributed by atoms with Gasteiger partial charge in [-0.25, -0.2) is 0 Å². The first-order valence-electron chi connectivity index (χ1n) is 11.7. The fraction of sp³-hybridized carbons (Fsp3) is 0.214. The Balaban J connectivity index is 1.21. The number of ether oxygens (including phenoxy) is 2. The van der Waals surface area contributed by atoms with Crippen LogP contribution in [0.5, 0.6) is 11.5 Å². The topological polar surface area (TPSA) is 81.6 Å². The Hall–Kier alpha value is -3.91. The van der Waals surface area contributed by atoms with Gasteiger partial charge in [0.25, 0.3) is 5.91 Å². The number of aromatic nitrogens is 1. The van der Waals surface area contributed by atoms with E-state index < -0.39 is 0 Å². The number of carbonyl (C=O) groups is 2. The highest BCUT2D eigenvalue weighted by atomic mass is 32.2. The molecule has 0 unspecified atom stereocenters. The Bertz CT molecular complexity index is 1430. The quantitative estimate of drug-likeness (QED) is 0.327. The number of amides is 2. The van der Waals surface area contributed by atoms with Gasteiger partial charge in [-0.15, -0.1) is 11.8 Å². The van der Waals surface area contributed by atoms with Crippen LogP contribution >= 0.6 is 11.8 Å². The molecule has 8 heteroatoms. The van der Waals surface area contributed by atoms with Crippen LogP contribution in [0.3, 0.4) is 0 Å². The van der Waals surface area contributed by atoms with Gasteiger partial charge in [0.1, 0.15) is 0 Å². The van der Waals surface area contributed by atoms with Gasteiger partial charge in [0.15, 0.2) is 11.5 Å². The zero-order chi connectivity index (χ0) is 25.1. The smallest absolute Gasteiger partial charge is 0.251 e. The summed E-state index contributed by atoms with van der Waals surface area (Å²) in [6.45, 7) is 5.30. The molecule has 1 aliphatic rings. The van der Waals surface area contributed by atoms with E-state index in [1.54, 1.807) is 18.2 Å². The lowest BCUT2D eigenvalue weighted by molar-refractivity contribution is -0.113. The molecular formula is C28H27N3O4S. The summed E-state index contributed by atoms with van der Waals surface area (Å²) in [4.78, 5) is 26.2. The van der Waals surface area contributed by atoms with Gasteiger partial charge >= 0.3 is 0 Å². The van der Waals surface area contributed by atoms with Crippen LogP contribution in [-0.2, 0) is 11.3 Å². The summed E-state index contributed by atoms with van der Waals surface area (Å²) < 4.78 is 12.8. The third-order valence-corrected chi connectivity index (χ3v) is 6.93. The van der Waals surface area contributed by atoms with E-state index in [-0.39, 0.29) is 24.4 Å². The van der Waals surface area contributed by atoms with Crippen LogP contribution in [0.25, 0.3) is 10.9 Å². The molecule has 184 valence electrons. The van der Waals surface area contributed by atoms with Gasteiger partial charge in [0.05, 0.1) is 5.75 Å². The largest absolute Gasteiger partial charge is 0.454 e. The van der Waals surface area contributed by atoms with E-state index in [1.807, 2.05) is 44.3 Å². The first-order valence-corrected chi connectivity index (χ1v) is 12.7. The number of benzene rings is 3. The number of hydrogen-bond acceptors (Lipinski definition) is 5. The number of carbonyl (C=O) groups excluding carboxylic acids is 2. The Morgan fingerprint density at radius 3 is 2.58 bits per heavy atom. The van der Waals surface area contributed by atoms with E-state index in [0.29, 0.717) is 35.8 Å². The van der Waals surface area contributed by atoms with Gasteiger partial charge < -0.3 is 24.7 Å². The van der Waals surface area contributed by atoms with Crippen molar-refractivity contribution in [3.05, 3.63) is 83.6 Å². The molecule has 0 saturated carbocycles. The van der Waals surface area contributed by atoms with Crippen molar-refractivity contribution in [2.24, 2.45) is 0 Å². The van der Waals surface area contributed by atoms with Crippen LogP contribution < -0.4 is 20.1 Å². The number of para-hydroxylation sites is 1. The van der Waals surface area contributed by atoms with Crippen LogP contribution in [0.4, 0.5) is 5.69 Å². The van der Waals surface area contributed by atoms with Gasteiger partial charge in [0.2, 0.25) is 12.7 Å². The molecule has 0 radical (unpaired) electrons. The maximum Gasteiger partial charge on any atom is 0.251 e. The molecular weight excluding hydrogens is 474 g/mol. The molecule has 0 fully saturated rings. The van der Waals surface area contributed by atoms with Gasteiger partial charge in [-0.3, -0.25) is 9.59 Å². The molecule has 0 bridgehead atoms. The minimum atomic E-state index is -0.101. The van der Waals surface area contributed by atoms with Gasteiger partial charge in [-0.1, -0.05) is 35.4 Å². The van der Waals surface area contributed by atoms with E-state index in [0.717, 1.165) is 26.9 Å². The molecule has 3 aromatic carbocycles. The Morgan fingerprint density at radius 1 is 0.972 bits per heavy atom. The van der Waals surface area contributed by atoms with E-state index >= 15 is 0 Å². The number of fused-ring (bicyclic) bond motifs is 2. The minimum Gasteiger partial charge on any atom is -0.454 e. The van der Waals surface area contributed by atoms with Crippen molar-refractivity contribution >= 4 is 40.2 Å².